The number of carboxylic acid groups (broad SMARTS) is 1. The van der Waals surface area contributed by atoms with E-state index in [1.54, 1.807) is 0 Å². The Morgan fingerprint density at radius 1 is 1.25 bits per heavy atom. The second-order valence-electron chi connectivity index (χ2n) is 4.84. The molecule has 2 saturated carbocycles. The molecule has 1 atom stereocenters. The third-order valence-electron chi connectivity index (χ3n) is 4.05. The molecule has 5 heteroatoms. The van der Waals surface area contributed by atoms with Gasteiger partial charge in [0.05, 0.1) is 7.11 Å². The summed E-state index contributed by atoms with van der Waals surface area (Å²) in [4.78, 5) is 22.5. The highest BCUT2D eigenvalue weighted by atomic mass is 16.5. The van der Waals surface area contributed by atoms with Crippen LogP contribution in [0.1, 0.15) is 38.5 Å². The van der Waals surface area contributed by atoms with Crippen molar-refractivity contribution in [3.8, 4) is 0 Å². The maximum Gasteiger partial charge on any atom is 0.405 e. The van der Waals surface area contributed by atoms with Gasteiger partial charge in [0.2, 0.25) is 0 Å². The van der Waals surface area contributed by atoms with Gasteiger partial charge in [0.15, 0.2) is 0 Å². The minimum absolute atomic E-state index is 0.170. The molecule has 0 saturated heterocycles. The molecule has 2 rings (SSSR count). The molecule has 1 unspecified atom stereocenters. The van der Waals surface area contributed by atoms with E-state index in [4.69, 9.17) is 9.84 Å². The zero-order valence-electron chi connectivity index (χ0n) is 9.41. The van der Waals surface area contributed by atoms with Crippen LogP contribution in [0.15, 0.2) is 0 Å². The number of amides is 1. The normalized spacial score (nSPS) is 30.8. The number of carbonyl (C=O) groups is 2. The lowest BCUT2D eigenvalue weighted by molar-refractivity contribution is -0.145. The van der Waals surface area contributed by atoms with Crippen LogP contribution < -0.4 is 5.32 Å². The second kappa shape index (κ2) is 3.64. The maximum atomic E-state index is 11.8. The lowest BCUT2D eigenvalue weighted by Crippen LogP contribution is -2.48. The number of hydrogen-bond donors (Lipinski definition) is 2. The highest BCUT2D eigenvalue weighted by Crippen LogP contribution is 2.64. The second-order valence-corrected chi connectivity index (χ2v) is 4.84. The topological polar surface area (TPSA) is 75.6 Å². The summed E-state index contributed by atoms with van der Waals surface area (Å²) in [6.45, 7) is 0. The molecule has 0 aromatic heterocycles. The minimum Gasteiger partial charge on any atom is -0.467 e. The lowest BCUT2D eigenvalue weighted by Gasteiger charge is -2.27. The highest BCUT2D eigenvalue weighted by Gasteiger charge is 2.73. The van der Waals surface area contributed by atoms with E-state index in [0.717, 1.165) is 25.7 Å². The van der Waals surface area contributed by atoms with Gasteiger partial charge < -0.3 is 15.2 Å². The first kappa shape index (κ1) is 11.2. The zero-order chi connectivity index (χ0) is 11.8. The van der Waals surface area contributed by atoms with Crippen LogP contribution in [0.2, 0.25) is 0 Å². The molecule has 0 radical (unpaired) electrons. The van der Waals surface area contributed by atoms with Gasteiger partial charge in [-0.15, -0.1) is 0 Å². The number of ether oxygens (including phenoxy) is 1. The first-order valence-corrected chi connectivity index (χ1v) is 5.66. The van der Waals surface area contributed by atoms with Crippen LogP contribution in [-0.4, -0.2) is 29.8 Å². The van der Waals surface area contributed by atoms with Crippen molar-refractivity contribution in [1.29, 1.82) is 0 Å². The van der Waals surface area contributed by atoms with Crippen LogP contribution in [0.5, 0.6) is 0 Å². The Morgan fingerprint density at radius 3 is 2.38 bits per heavy atom. The smallest absolute Gasteiger partial charge is 0.405 e. The number of nitrogens with one attached hydrogen (secondary N) is 1. The van der Waals surface area contributed by atoms with Gasteiger partial charge in [0, 0.05) is 5.41 Å². The third-order valence-corrected chi connectivity index (χ3v) is 4.05. The molecule has 0 aromatic rings. The minimum atomic E-state index is -1.15. The Kier molecular flexibility index (Phi) is 2.56. The van der Waals surface area contributed by atoms with Crippen LogP contribution in [0.3, 0.4) is 0 Å². The summed E-state index contributed by atoms with van der Waals surface area (Å²) < 4.78 is 4.74. The molecule has 2 aliphatic rings. The van der Waals surface area contributed by atoms with E-state index in [1.165, 1.54) is 13.5 Å². The Labute approximate surface area is 94.2 Å². The van der Waals surface area contributed by atoms with Crippen LogP contribution >= 0.6 is 0 Å². The molecular weight excluding hydrogens is 210 g/mol. The van der Waals surface area contributed by atoms with Crippen molar-refractivity contribution in [3.63, 3.8) is 0 Å². The zero-order valence-corrected chi connectivity index (χ0v) is 9.41. The Bertz CT molecular complexity index is 322. The highest BCUT2D eigenvalue weighted by molar-refractivity contribution is 5.90. The van der Waals surface area contributed by atoms with E-state index in [1.807, 2.05) is 0 Å². The number of methoxy groups -OCH3 is 1. The largest absolute Gasteiger partial charge is 0.467 e. The molecule has 16 heavy (non-hydrogen) atoms. The molecule has 90 valence electrons. The number of carbonyl (C=O) groups excluding carboxylic acids is 1. The van der Waals surface area contributed by atoms with Crippen molar-refractivity contribution in [2.24, 2.45) is 5.41 Å². The summed E-state index contributed by atoms with van der Waals surface area (Å²) >= 11 is 0. The lowest BCUT2D eigenvalue weighted by atomic mass is 9.82. The van der Waals surface area contributed by atoms with Crippen molar-refractivity contribution in [2.75, 3.05) is 7.11 Å². The fourth-order valence-corrected chi connectivity index (χ4v) is 3.17. The van der Waals surface area contributed by atoms with E-state index in [-0.39, 0.29) is 5.41 Å². The fourth-order valence-electron chi connectivity index (χ4n) is 3.17. The molecule has 2 N–H and O–H groups in total. The number of esters is 1. The summed E-state index contributed by atoms with van der Waals surface area (Å²) in [5.74, 6) is -0.434. The summed E-state index contributed by atoms with van der Waals surface area (Å²) in [6.07, 6.45) is 4.60. The standard InChI is InChI=1S/C11H17NO4/c1-16-8(13)11(12-9(14)15)7-10(11)5-3-2-4-6-10/h12H,2-7H2,1H3,(H,14,15). The van der Waals surface area contributed by atoms with E-state index < -0.39 is 17.6 Å². The van der Waals surface area contributed by atoms with Crippen molar-refractivity contribution >= 4 is 12.1 Å². The quantitative estimate of drug-likeness (QED) is 0.701. The van der Waals surface area contributed by atoms with Gasteiger partial charge in [-0.3, -0.25) is 0 Å². The van der Waals surface area contributed by atoms with E-state index in [2.05, 4.69) is 5.32 Å². The van der Waals surface area contributed by atoms with E-state index in [0.29, 0.717) is 6.42 Å². The molecule has 0 aromatic carbocycles. The Balaban J connectivity index is 2.18. The molecule has 2 fully saturated rings. The molecule has 0 bridgehead atoms. The first-order valence-electron chi connectivity index (χ1n) is 5.66. The molecular formula is C11H17NO4. The van der Waals surface area contributed by atoms with E-state index >= 15 is 0 Å². The molecule has 1 spiro atoms. The monoisotopic (exact) mass is 227 g/mol. The SMILES string of the molecule is COC(=O)C1(NC(=O)O)CC12CCCCC2. The number of rotatable bonds is 2. The summed E-state index contributed by atoms with van der Waals surface area (Å²) in [7, 11) is 1.31. The van der Waals surface area contributed by atoms with Crippen LogP contribution in [-0.2, 0) is 9.53 Å². The molecule has 0 heterocycles. The fraction of sp³-hybridized carbons (Fsp3) is 0.818. The van der Waals surface area contributed by atoms with Crippen molar-refractivity contribution < 1.29 is 19.4 Å². The van der Waals surface area contributed by atoms with Crippen LogP contribution in [0.4, 0.5) is 4.79 Å². The summed E-state index contributed by atoms with van der Waals surface area (Å²) in [6, 6.07) is 0. The predicted molar refractivity (Wildman–Crippen MR) is 56.0 cm³/mol. The summed E-state index contributed by atoms with van der Waals surface area (Å²) in [5, 5.41) is 11.2. The summed E-state index contributed by atoms with van der Waals surface area (Å²) in [5.41, 5.74) is -1.13. The van der Waals surface area contributed by atoms with Gasteiger partial charge in [0.25, 0.3) is 0 Å². The van der Waals surface area contributed by atoms with Crippen molar-refractivity contribution in [2.45, 2.75) is 44.1 Å². The average Bonchev–Trinajstić information content (AvgIpc) is 2.85. The van der Waals surface area contributed by atoms with Gasteiger partial charge >= 0.3 is 12.1 Å². The molecule has 5 nitrogen and oxygen atoms in total. The molecule has 1 amide bonds. The predicted octanol–water partition coefficient (Wildman–Crippen LogP) is 1.52. The molecule has 2 aliphatic carbocycles. The Morgan fingerprint density at radius 2 is 1.88 bits per heavy atom. The van der Waals surface area contributed by atoms with Crippen LogP contribution in [0.25, 0.3) is 0 Å². The first-order chi connectivity index (χ1) is 7.56. The Hall–Kier alpha value is -1.26. The van der Waals surface area contributed by atoms with Gasteiger partial charge in [0.1, 0.15) is 5.54 Å². The average molecular weight is 227 g/mol. The van der Waals surface area contributed by atoms with Gasteiger partial charge in [-0.1, -0.05) is 19.3 Å². The van der Waals surface area contributed by atoms with Crippen LogP contribution in [0, 0.1) is 5.41 Å². The van der Waals surface area contributed by atoms with Gasteiger partial charge in [-0.25, -0.2) is 9.59 Å². The van der Waals surface area contributed by atoms with Gasteiger partial charge in [-0.05, 0) is 19.3 Å². The van der Waals surface area contributed by atoms with Gasteiger partial charge in [-0.2, -0.15) is 0 Å². The third kappa shape index (κ3) is 1.45. The maximum absolute atomic E-state index is 11.8. The van der Waals surface area contributed by atoms with E-state index in [9.17, 15) is 9.59 Å². The van der Waals surface area contributed by atoms with Crippen molar-refractivity contribution in [1.82, 2.24) is 5.32 Å². The molecule has 0 aliphatic heterocycles. The van der Waals surface area contributed by atoms with Crippen molar-refractivity contribution in [3.05, 3.63) is 0 Å². The number of hydrogen-bond acceptors (Lipinski definition) is 3.